The maximum atomic E-state index is 13.8. The van der Waals surface area contributed by atoms with Crippen molar-refractivity contribution in [3.05, 3.63) is 102 Å². The van der Waals surface area contributed by atoms with E-state index in [4.69, 9.17) is 4.74 Å². The number of hydrogen-bond acceptors (Lipinski definition) is 4. The predicted octanol–water partition coefficient (Wildman–Crippen LogP) is 5.44. The SMILES string of the molecule is COc1ccc(N(C(=O)C(=O)c2ccccc2)C(/C=C/c2ccccc2)C(=O)NC2CCCCC2)cc1. The molecule has 2 amide bonds. The van der Waals surface area contributed by atoms with Gasteiger partial charge in [0.2, 0.25) is 5.91 Å². The van der Waals surface area contributed by atoms with Gasteiger partial charge in [0.05, 0.1) is 7.11 Å². The Morgan fingerprint density at radius 2 is 1.49 bits per heavy atom. The molecule has 190 valence electrons. The second kappa shape index (κ2) is 12.7. The molecule has 3 aromatic rings. The van der Waals surface area contributed by atoms with E-state index in [9.17, 15) is 14.4 Å². The average Bonchev–Trinajstić information content (AvgIpc) is 2.96. The number of carbonyl (C=O) groups excluding carboxylic acids is 3. The topological polar surface area (TPSA) is 75.7 Å². The molecule has 1 N–H and O–H groups in total. The lowest BCUT2D eigenvalue weighted by Gasteiger charge is -2.31. The number of benzene rings is 3. The molecule has 1 saturated carbocycles. The molecule has 1 aliphatic rings. The largest absolute Gasteiger partial charge is 0.497 e. The normalized spacial score (nSPS) is 14.6. The molecule has 0 bridgehead atoms. The molecule has 1 fully saturated rings. The van der Waals surface area contributed by atoms with Crippen molar-refractivity contribution >= 4 is 29.4 Å². The Bertz CT molecular complexity index is 1220. The second-order valence-electron chi connectivity index (χ2n) is 9.13. The fourth-order valence-electron chi connectivity index (χ4n) is 4.56. The van der Waals surface area contributed by atoms with Crippen LogP contribution >= 0.6 is 0 Å². The standard InChI is InChI=1S/C31H32N2O4/c1-37-27-20-18-26(19-21-27)33(31(36)29(34)24-13-7-3-8-14-24)28(22-17-23-11-5-2-6-12-23)30(35)32-25-15-9-4-10-16-25/h2-3,5-8,11-14,17-22,25,28H,4,9-10,15-16H2,1H3,(H,32,35)/b22-17+. The van der Waals surface area contributed by atoms with Crippen LogP contribution in [0.5, 0.6) is 5.75 Å². The zero-order chi connectivity index (χ0) is 26.0. The molecule has 6 nitrogen and oxygen atoms in total. The number of nitrogens with zero attached hydrogens (tertiary/aromatic N) is 1. The van der Waals surface area contributed by atoms with Crippen molar-refractivity contribution in [2.24, 2.45) is 0 Å². The lowest BCUT2D eigenvalue weighted by molar-refractivity contribution is -0.124. The number of hydrogen-bond donors (Lipinski definition) is 1. The first kappa shape index (κ1) is 25.9. The molecule has 3 aromatic carbocycles. The number of ketones is 1. The van der Waals surface area contributed by atoms with Crippen LogP contribution in [-0.2, 0) is 9.59 Å². The van der Waals surface area contributed by atoms with Crippen molar-refractivity contribution in [1.82, 2.24) is 5.32 Å². The summed E-state index contributed by atoms with van der Waals surface area (Å²) in [4.78, 5) is 42.1. The van der Waals surface area contributed by atoms with Crippen LogP contribution in [0.1, 0.15) is 48.0 Å². The van der Waals surface area contributed by atoms with Gasteiger partial charge < -0.3 is 10.1 Å². The molecule has 37 heavy (non-hydrogen) atoms. The summed E-state index contributed by atoms with van der Waals surface area (Å²) < 4.78 is 5.28. The molecule has 4 rings (SSSR count). The van der Waals surface area contributed by atoms with Crippen molar-refractivity contribution in [2.75, 3.05) is 12.0 Å². The molecule has 1 aliphatic carbocycles. The number of rotatable bonds is 9. The molecule has 0 aliphatic heterocycles. The van der Waals surface area contributed by atoms with Crippen LogP contribution in [0, 0.1) is 0 Å². The van der Waals surface area contributed by atoms with Crippen molar-refractivity contribution in [2.45, 2.75) is 44.2 Å². The van der Waals surface area contributed by atoms with Crippen molar-refractivity contribution < 1.29 is 19.1 Å². The first-order chi connectivity index (χ1) is 18.1. The number of anilines is 1. The number of nitrogens with one attached hydrogen (secondary N) is 1. The van der Waals surface area contributed by atoms with Gasteiger partial charge in [-0.05, 0) is 42.7 Å². The second-order valence-corrected chi connectivity index (χ2v) is 9.13. The number of amides is 2. The summed E-state index contributed by atoms with van der Waals surface area (Å²) in [7, 11) is 1.56. The zero-order valence-corrected chi connectivity index (χ0v) is 21.0. The molecule has 0 spiro atoms. The molecule has 1 unspecified atom stereocenters. The van der Waals surface area contributed by atoms with Crippen LogP contribution in [0.15, 0.2) is 91.0 Å². The Morgan fingerprint density at radius 1 is 0.865 bits per heavy atom. The summed E-state index contributed by atoms with van der Waals surface area (Å²) in [6, 6.07) is 23.8. The maximum Gasteiger partial charge on any atom is 0.300 e. The minimum absolute atomic E-state index is 0.0477. The summed E-state index contributed by atoms with van der Waals surface area (Å²) in [5, 5.41) is 3.14. The van der Waals surface area contributed by atoms with Crippen molar-refractivity contribution in [1.29, 1.82) is 0 Å². The summed E-state index contributed by atoms with van der Waals surface area (Å²) in [6.45, 7) is 0. The number of ether oxygens (including phenoxy) is 1. The van der Waals surface area contributed by atoms with Gasteiger partial charge in [-0.1, -0.05) is 92.1 Å². The van der Waals surface area contributed by atoms with Crippen molar-refractivity contribution in [3.63, 3.8) is 0 Å². The summed E-state index contributed by atoms with van der Waals surface area (Å²) in [5.41, 5.74) is 1.58. The summed E-state index contributed by atoms with van der Waals surface area (Å²) in [6.07, 6.45) is 8.58. The van der Waals surface area contributed by atoms with Crippen LogP contribution in [0.4, 0.5) is 5.69 Å². The van der Waals surface area contributed by atoms with E-state index in [1.165, 1.54) is 4.90 Å². The molecule has 0 radical (unpaired) electrons. The van der Waals surface area contributed by atoms with E-state index in [0.29, 0.717) is 11.4 Å². The van der Waals surface area contributed by atoms with Gasteiger partial charge in [0.1, 0.15) is 11.8 Å². The van der Waals surface area contributed by atoms with Gasteiger partial charge >= 0.3 is 0 Å². The average molecular weight is 497 g/mol. The molecular formula is C31H32N2O4. The van der Waals surface area contributed by atoms with E-state index in [1.807, 2.05) is 36.4 Å². The smallest absolute Gasteiger partial charge is 0.300 e. The highest BCUT2D eigenvalue weighted by atomic mass is 16.5. The van der Waals surface area contributed by atoms with Crippen LogP contribution < -0.4 is 15.0 Å². The molecule has 0 aromatic heterocycles. The van der Waals surface area contributed by atoms with Crippen LogP contribution in [-0.4, -0.2) is 36.8 Å². The minimum Gasteiger partial charge on any atom is -0.497 e. The van der Waals surface area contributed by atoms with Gasteiger partial charge in [-0.2, -0.15) is 0 Å². The Hall–Kier alpha value is -4.19. The fourth-order valence-corrected chi connectivity index (χ4v) is 4.56. The fraction of sp³-hybridized carbons (Fsp3) is 0.258. The predicted molar refractivity (Wildman–Crippen MR) is 146 cm³/mol. The quantitative estimate of drug-likeness (QED) is 0.316. The third-order valence-electron chi connectivity index (χ3n) is 6.57. The first-order valence-electron chi connectivity index (χ1n) is 12.7. The highest BCUT2D eigenvalue weighted by molar-refractivity contribution is 6.47. The summed E-state index contributed by atoms with van der Waals surface area (Å²) >= 11 is 0. The zero-order valence-electron chi connectivity index (χ0n) is 21.0. The lowest BCUT2D eigenvalue weighted by Crippen LogP contribution is -2.53. The van der Waals surface area contributed by atoms with Gasteiger partial charge in [-0.3, -0.25) is 19.3 Å². The minimum atomic E-state index is -1.03. The molecule has 0 heterocycles. The van der Waals surface area contributed by atoms with Gasteiger partial charge in [-0.15, -0.1) is 0 Å². The molecule has 6 heteroatoms. The monoisotopic (exact) mass is 496 g/mol. The third kappa shape index (κ3) is 6.73. The van der Waals surface area contributed by atoms with Crippen molar-refractivity contribution in [3.8, 4) is 5.75 Å². The van der Waals surface area contributed by atoms with E-state index in [-0.39, 0.29) is 17.5 Å². The van der Waals surface area contributed by atoms with Gasteiger partial charge in [0, 0.05) is 17.3 Å². The Morgan fingerprint density at radius 3 is 2.11 bits per heavy atom. The van der Waals surface area contributed by atoms with Gasteiger partial charge in [-0.25, -0.2) is 0 Å². The molecular weight excluding hydrogens is 464 g/mol. The van der Waals surface area contributed by atoms with Crippen LogP contribution in [0.2, 0.25) is 0 Å². The Kier molecular flexibility index (Phi) is 8.87. The lowest BCUT2D eigenvalue weighted by atomic mass is 9.95. The number of Topliss-reactive ketones (excluding diaryl/α,β-unsaturated/α-hetero) is 1. The highest BCUT2D eigenvalue weighted by Crippen LogP contribution is 2.25. The molecule has 0 saturated heterocycles. The maximum absolute atomic E-state index is 13.8. The molecule has 1 atom stereocenters. The van der Waals surface area contributed by atoms with Crippen LogP contribution in [0.25, 0.3) is 6.08 Å². The van der Waals surface area contributed by atoms with E-state index < -0.39 is 17.7 Å². The summed E-state index contributed by atoms with van der Waals surface area (Å²) in [5.74, 6) is -1.17. The first-order valence-corrected chi connectivity index (χ1v) is 12.7. The van der Waals surface area contributed by atoms with E-state index in [0.717, 1.165) is 37.7 Å². The Balaban J connectivity index is 1.74. The number of methoxy groups -OCH3 is 1. The van der Waals surface area contributed by atoms with E-state index in [2.05, 4.69) is 5.32 Å². The van der Waals surface area contributed by atoms with Gasteiger partial charge in [0.15, 0.2) is 0 Å². The number of carbonyl (C=O) groups is 3. The van der Waals surface area contributed by atoms with E-state index >= 15 is 0 Å². The Labute approximate surface area is 218 Å². The van der Waals surface area contributed by atoms with E-state index in [1.54, 1.807) is 67.8 Å². The highest BCUT2D eigenvalue weighted by Gasteiger charge is 2.34. The van der Waals surface area contributed by atoms with Crippen LogP contribution in [0.3, 0.4) is 0 Å². The van der Waals surface area contributed by atoms with Gasteiger partial charge in [0.25, 0.3) is 11.7 Å². The third-order valence-corrected chi connectivity index (χ3v) is 6.57.